The third-order valence-corrected chi connectivity index (χ3v) is 12.1. The van der Waals surface area contributed by atoms with Crippen LogP contribution in [0.1, 0.15) is 98.8 Å². The Morgan fingerprint density at radius 1 is 1.15 bits per heavy atom. The second kappa shape index (κ2) is 8.07. The molecule has 0 aromatic rings. The Morgan fingerprint density at radius 3 is 2.71 bits per heavy atom. The molecule has 8 unspecified atom stereocenters. The standard InChI is InChI=1S/C30H47NO3/c1-6-26(32)33-21-10-12-28(4)20(15-21)7-8-22-23(28)11-13-29(5)24(22)16-25-27(29)19(3)30(34-25)14-9-18(2)17-31-30/h7,18-19,21-25,27,31H,6,8-17H2,1-5H3/t18?,19-,21?,22?,23?,24?,25?,27?,28-,29-,30?/m0/s1. The molecule has 11 atom stereocenters. The van der Waals surface area contributed by atoms with Crippen LogP contribution in [0.15, 0.2) is 11.6 Å². The van der Waals surface area contributed by atoms with Crippen LogP contribution in [0.25, 0.3) is 0 Å². The molecule has 6 rings (SSSR count). The van der Waals surface area contributed by atoms with Crippen LogP contribution >= 0.6 is 0 Å². The van der Waals surface area contributed by atoms with E-state index in [0.29, 0.717) is 35.2 Å². The molecule has 2 saturated heterocycles. The Bertz CT molecular complexity index is 859. The number of hydrogen-bond donors (Lipinski definition) is 1. The highest BCUT2D eigenvalue weighted by Gasteiger charge is 2.68. The van der Waals surface area contributed by atoms with Gasteiger partial charge in [-0.1, -0.05) is 46.3 Å². The molecule has 0 aromatic heterocycles. The minimum absolute atomic E-state index is 0.0392. The predicted molar refractivity (Wildman–Crippen MR) is 134 cm³/mol. The van der Waals surface area contributed by atoms with E-state index in [1.54, 1.807) is 5.57 Å². The lowest BCUT2D eigenvalue weighted by Gasteiger charge is -2.58. The van der Waals surface area contributed by atoms with E-state index in [2.05, 4.69) is 39.1 Å². The maximum Gasteiger partial charge on any atom is 0.305 e. The smallest absolute Gasteiger partial charge is 0.305 e. The average Bonchev–Trinajstić information content (AvgIpc) is 3.26. The Morgan fingerprint density at radius 2 is 1.97 bits per heavy atom. The van der Waals surface area contributed by atoms with E-state index in [1.807, 2.05) is 6.92 Å². The molecule has 6 aliphatic rings. The number of hydrogen-bond acceptors (Lipinski definition) is 4. The average molecular weight is 470 g/mol. The zero-order chi connectivity index (χ0) is 23.9. The molecular weight excluding hydrogens is 422 g/mol. The zero-order valence-electron chi connectivity index (χ0n) is 22.2. The quantitative estimate of drug-likeness (QED) is 0.384. The molecule has 34 heavy (non-hydrogen) atoms. The molecule has 4 heteroatoms. The third kappa shape index (κ3) is 3.26. The molecule has 4 aliphatic carbocycles. The first kappa shape index (κ1) is 23.5. The Balaban J connectivity index is 1.22. The van der Waals surface area contributed by atoms with Crippen LogP contribution in [0.4, 0.5) is 0 Å². The van der Waals surface area contributed by atoms with Gasteiger partial charge in [-0.2, -0.15) is 0 Å². The molecule has 0 bridgehead atoms. The van der Waals surface area contributed by atoms with Crippen molar-refractivity contribution in [2.75, 3.05) is 6.54 Å². The molecule has 2 heterocycles. The summed E-state index contributed by atoms with van der Waals surface area (Å²) in [6, 6.07) is 0. The maximum absolute atomic E-state index is 11.9. The monoisotopic (exact) mass is 469 g/mol. The Labute approximate surface area is 207 Å². The van der Waals surface area contributed by atoms with Gasteiger partial charge in [-0.3, -0.25) is 10.1 Å². The van der Waals surface area contributed by atoms with Crippen LogP contribution in [0.5, 0.6) is 0 Å². The normalized spacial score (nSPS) is 54.0. The van der Waals surface area contributed by atoms with Crippen LogP contribution < -0.4 is 5.32 Å². The number of esters is 1. The van der Waals surface area contributed by atoms with Crippen molar-refractivity contribution in [2.24, 2.45) is 46.3 Å². The van der Waals surface area contributed by atoms with Crippen LogP contribution in [-0.4, -0.2) is 30.4 Å². The summed E-state index contributed by atoms with van der Waals surface area (Å²) in [5.41, 5.74) is 2.24. The Kier molecular flexibility index (Phi) is 5.58. The van der Waals surface area contributed by atoms with Crippen molar-refractivity contribution in [1.29, 1.82) is 0 Å². The summed E-state index contributed by atoms with van der Waals surface area (Å²) in [6.45, 7) is 13.1. The number of nitrogens with one attached hydrogen (secondary N) is 1. The van der Waals surface area contributed by atoms with Gasteiger partial charge in [0.1, 0.15) is 11.8 Å². The molecular formula is C30H47NO3. The topological polar surface area (TPSA) is 47.6 Å². The molecule has 2 aliphatic heterocycles. The van der Waals surface area contributed by atoms with Crippen LogP contribution in [-0.2, 0) is 14.3 Å². The summed E-state index contributed by atoms with van der Waals surface area (Å²) in [5, 5.41) is 3.89. The number of rotatable bonds is 2. The molecule has 0 radical (unpaired) electrons. The van der Waals surface area contributed by atoms with Crippen molar-refractivity contribution in [3.05, 3.63) is 11.6 Å². The summed E-state index contributed by atoms with van der Waals surface area (Å²) in [7, 11) is 0. The highest BCUT2D eigenvalue weighted by molar-refractivity contribution is 5.69. The van der Waals surface area contributed by atoms with Crippen molar-refractivity contribution in [3.63, 3.8) is 0 Å². The number of fused-ring (bicyclic) bond motifs is 7. The van der Waals surface area contributed by atoms with Crippen molar-refractivity contribution in [2.45, 2.75) is 117 Å². The van der Waals surface area contributed by atoms with Crippen molar-refractivity contribution >= 4 is 5.97 Å². The SMILES string of the molecule is CCC(=O)OC1CC[C@@]2(C)C(=CCC3C4CC5OC6(CCC(C)CN6)[C@@H](C)C5[C@@]4(C)CCC32)C1. The first-order valence-electron chi connectivity index (χ1n) is 14.5. The minimum Gasteiger partial charge on any atom is -0.462 e. The van der Waals surface area contributed by atoms with Crippen molar-refractivity contribution in [1.82, 2.24) is 5.32 Å². The fraction of sp³-hybridized carbons (Fsp3) is 0.900. The summed E-state index contributed by atoms with van der Waals surface area (Å²) in [4.78, 5) is 11.9. The van der Waals surface area contributed by atoms with Gasteiger partial charge in [0, 0.05) is 25.3 Å². The number of ether oxygens (including phenoxy) is 2. The molecule has 190 valence electrons. The highest BCUT2D eigenvalue weighted by atomic mass is 16.5. The van der Waals surface area contributed by atoms with Gasteiger partial charge >= 0.3 is 5.97 Å². The van der Waals surface area contributed by atoms with Gasteiger partial charge in [0.15, 0.2) is 0 Å². The van der Waals surface area contributed by atoms with Gasteiger partial charge in [-0.05, 0) is 91.8 Å². The van der Waals surface area contributed by atoms with E-state index in [0.717, 1.165) is 43.1 Å². The van der Waals surface area contributed by atoms with Crippen molar-refractivity contribution in [3.8, 4) is 0 Å². The largest absolute Gasteiger partial charge is 0.462 e. The lowest BCUT2D eigenvalue weighted by Crippen LogP contribution is -2.57. The molecule has 3 saturated carbocycles. The zero-order valence-corrected chi connectivity index (χ0v) is 22.2. The second-order valence-electron chi connectivity index (χ2n) is 13.6. The first-order valence-corrected chi connectivity index (χ1v) is 14.5. The lowest BCUT2D eigenvalue weighted by atomic mass is 9.47. The van der Waals surface area contributed by atoms with Crippen LogP contribution in [0.2, 0.25) is 0 Å². The van der Waals surface area contributed by atoms with Crippen molar-refractivity contribution < 1.29 is 14.3 Å². The summed E-state index contributed by atoms with van der Waals surface area (Å²) < 4.78 is 12.8. The molecule has 1 spiro atoms. The van der Waals surface area contributed by atoms with Gasteiger partial charge < -0.3 is 9.47 Å². The van der Waals surface area contributed by atoms with E-state index < -0.39 is 0 Å². The minimum atomic E-state index is -0.0629. The van der Waals surface area contributed by atoms with Crippen LogP contribution in [0, 0.1) is 46.3 Å². The van der Waals surface area contributed by atoms with E-state index in [4.69, 9.17) is 9.47 Å². The van der Waals surface area contributed by atoms with Crippen LogP contribution in [0.3, 0.4) is 0 Å². The lowest BCUT2D eigenvalue weighted by molar-refractivity contribution is -0.151. The van der Waals surface area contributed by atoms with Gasteiger partial charge in [0.2, 0.25) is 0 Å². The van der Waals surface area contributed by atoms with Gasteiger partial charge in [0.25, 0.3) is 0 Å². The summed E-state index contributed by atoms with van der Waals surface area (Å²) in [5.74, 6) is 4.39. The number of carbonyl (C=O) groups is 1. The second-order valence-corrected chi connectivity index (χ2v) is 13.6. The van der Waals surface area contributed by atoms with Gasteiger partial charge in [0.05, 0.1) is 6.10 Å². The fourth-order valence-electron chi connectivity index (χ4n) is 10.2. The predicted octanol–water partition coefficient (Wildman–Crippen LogP) is 6.25. The van der Waals surface area contributed by atoms with Gasteiger partial charge in [-0.25, -0.2) is 0 Å². The molecule has 0 amide bonds. The van der Waals surface area contributed by atoms with E-state index in [-0.39, 0.29) is 17.8 Å². The van der Waals surface area contributed by atoms with Gasteiger partial charge in [-0.15, -0.1) is 0 Å². The Hall–Kier alpha value is -0.870. The fourth-order valence-corrected chi connectivity index (χ4v) is 10.2. The first-order chi connectivity index (χ1) is 16.2. The summed E-state index contributed by atoms with van der Waals surface area (Å²) in [6.07, 6.45) is 14.5. The highest BCUT2D eigenvalue weighted by Crippen LogP contribution is 2.70. The summed E-state index contributed by atoms with van der Waals surface area (Å²) >= 11 is 0. The van der Waals surface area contributed by atoms with E-state index in [1.165, 1.54) is 44.9 Å². The third-order valence-electron chi connectivity index (χ3n) is 12.1. The molecule has 5 fully saturated rings. The van der Waals surface area contributed by atoms with E-state index >= 15 is 0 Å². The molecule has 4 nitrogen and oxygen atoms in total. The molecule has 0 aromatic carbocycles. The number of carbonyl (C=O) groups excluding carboxylic acids is 1. The van der Waals surface area contributed by atoms with E-state index in [9.17, 15) is 4.79 Å². The molecule has 1 N–H and O–H groups in total. The maximum atomic E-state index is 11.9. The number of piperidine rings is 1. The number of allylic oxidation sites excluding steroid dienone is 1.